The van der Waals surface area contributed by atoms with Crippen LogP contribution in [0.2, 0.25) is 0 Å². The summed E-state index contributed by atoms with van der Waals surface area (Å²) < 4.78 is 34.6. The van der Waals surface area contributed by atoms with Gasteiger partial charge in [-0.3, -0.25) is 0 Å². The van der Waals surface area contributed by atoms with Crippen molar-refractivity contribution in [3.63, 3.8) is 0 Å². The molecule has 0 radical (unpaired) electrons. The van der Waals surface area contributed by atoms with Crippen molar-refractivity contribution < 1.29 is 94.8 Å². The lowest BCUT2D eigenvalue weighted by Crippen LogP contribution is -2.67. The summed E-state index contributed by atoms with van der Waals surface area (Å²) in [5, 5.41) is 134. The van der Waals surface area contributed by atoms with Crippen LogP contribution >= 0.6 is 0 Å². The molecule has 1 aliphatic carbocycles. The fraction of sp³-hybridized carbons (Fsp3) is 1.00. The molecule has 0 spiro atoms. The molecule has 19 heteroatoms. The third-order valence-corrected chi connectivity index (χ3v) is 9.43. The van der Waals surface area contributed by atoms with Gasteiger partial charge in [0.1, 0.15) is 85.5 Å². The Balaban J connectivity index is 1.55. The van der Waals surface area contributed by atoms with Gasteiger partial charge < -0.3 is 94.8 Å². The number of aliphatic hydroxyl groups excluding tert-OH is 13. The molecule has 0 bridgehead atoms. The van der Waals surface area contributed by atoms with Crippen molar-refractivity contribution in [2.75, 3.05) is 26.4 Å². The number of hydrogen-bond acceptors (Lipinski definition) is 19. The molecule has 4 fully saturated rings. The molecule has 47 heavy (non-hydrogen) atoms. The molecule has 4 rings (SSSR count). The second-order valence-corrected chi connectivity index (χ2v) is 13.0. The molecule has 3 saturated heterocycles. The van der Waals surface area contributed by atoms with Crippen LogP contribution in [0.1, 0.15) is 20.3 Å². The van der Waals surface area contributed by atoms with E-state index in [4.69, 9.17) is 28.4 Å². The predicted molar refractivity (Wildman–Crippen MR) is 150 cm³/mol. The van der Waals surface area contributed by atoms with Crippen molar-refractivity contribution in [3.8, 4) is 0 Å². The van der Waals surface area contributed by atoms with Gasteiger partial charge in [-0.1, -0.05) is 13.8 Å². The molecular weight excluding hydrogens is 640 g/mol. The van der Waals surface area contributed by atoms with Gasteiger partial charge >= 0.3 is 0 Å². The molecular formula is C28H50O19. The Hall–Kier alpha value is -0.760. The summed E-state index contributed by atoms with van der Waals surface area (Å²) in [7, 11) is 0. The molecule has 3 aliphatic heterocycles. The van der Waals surface area contributed by atoms with Crippen LogP contribution in [0.3, 0.4) is 0 Å². The summed E-state index contributed by atoms with van der Waals surface area (Å²) in [4.78, 5) is 0. The molecule has 0 aromatic heterocycles. The third kappa shape index (κ3) is 8.09. The SMILES string of the molecule is CC(C)[C@@H]1O[C@H](CO)[C@@H](O)[C@H](O[C@@H]2C[C@H](CO)[C@@H](O)[C@H](O)[C@H]2O)[C@H]1O[C@@H]1O[C@H](CO[C@@H]2O[C@H](CO)[C@@H](O)[C@H](O)[C@H]2O)[C@@H](O)[C@H](O)[C@H]1O. The summed E-state index contributed by atoms with van der Waals surface area (Å²) in [6, 6.07) is 0. The van der Waals surface area contributed by atoms with Crippen molar-refractivity contribution in [2.24, 2.45) is 11.8 Å². The topological polar surface area (TPSA) is 318 Å². The highest BCUT2D eigenvalue weighted by Crippen LogP contribution is 2.37. The van der Waals surface area contributed by atoms with Crippen LogP contribution in [-0.4, -0.2) is 209 Å². The van der Waals surface area contributed by atoms with Crippen molar-refractivity contribution in [3.05, 3.63) is 0 Å². The molecule has 0 aromatic carbocycles. The number of rotatable bonds is 11. The highest BCUT2D eigenvalue weighted by Gasteiger charge is 2.54. The Morgan fingerprint density at radius 1 is 0.532 bits per heavy atom. The van der Waals surface area contributed by atoms with E-state index in [2.05, 4.69) is 0 Å². The summed E-state index contributed by atoms with van der Waals surface area (Å²) in [6.07, 6.45) is -29.7. The monoisotopic (exact) mass is 690 g/mol. The third-order valence-electron chi connectivity index (χ3n) is 9.43. The molecule has 0 unspecified atom stereocenters. The van der Waals surface area contributed by atoms with Crippen molar-refractivity contribution in [2.45, 2.75) is 137 Å². The van der Waals surface area contributed by atoms with Crippen molar-refractivity contribution in [1.82, 2.24) is 0 Å². The second kappa shape index (κ2) is 16.5. The van der Waals surface area contributed by atoms with Crippen molar-refractivity contribution in [1.29, 1.82) is 0 Å². The lowest BCUT2D eigenvalue weighted by Gasteiger charge is -2.50. The van der Waals surface area contributed by atoms with Gasteiger partial charge in [0.15, 0.2) is 12.6 Å². The Labute approximate surface area is 270 Å². The van der Waals surface area contributed by atoms with Crippen LogP contribution in [0.25, 0.3) is 0 Å². The first-order valence-corrected chi connectivity index (χ1v) is 15.7. The Morgan fingerprint density at radius 3 is 1.64 bits per heavy atom. The highest BCUT2D eigenvalue weighted by molar-refractivity contribution is 5.00. The fourth-order valence-corrected chi connectivity index (χ4v) is 6.47. The Bertz CT molecular complexity index is 959. The first-order chi connectivity index (χ1) is 22.2. The van der Waals surface area contributed by atoms with Gasteiger partial charge in [0.05, 0.1) is 38.1 Å². The highest BCUT2D eigenvalue weighted by atomic mass is 16.7. The van der Waals surface area contributed by atoms with Gasteiger partial charge in [-0.25, -0.2) is 0 Å². The van der Waals surface area contributed by atoms with Crippen LogP contribution in [0.4, 0.5) is 0 Å². The lowest BCUT2D eigenvalue weighted by molar-refractivity contribution is -0.360. The second-order valence-electron chi connectivity index (χ2n) is 13.0. The largest absolute Gasteiger partial charge is 0.396 e. The van der Waals surface area contributed by atoms with Crippen LogP contribution < -0.4 is 0 Å². The summed E-state index contributed by atoms with van der Waals surface area (Å²) in [6.45, 7) is 0.873. The minimum atomic E-state index is -1.90. The maximum atomic E-state index is 11.2. The predicted octanol–water partition coefficient (Wildman–Crippen LogP) is -7.38. The van der Waals surface area contributed by atoms with Crippen molar-refractivity contribution >= 4 is 0 Å². The zero-order chi connectivity index (χ0) is 34.9. The van der Waals surface area contributed by atoms with Crippen LogP contribution in [-0.2, 0) is 28.4 Å². The maximum absolute atomic E-state index is 11.2. The molecule has 4 aliphatic rings. The van der Waals surface area contributed by atoms with E-state index in [1.807, 2.05) is 0 Å². The van der Waals surface area contributed by atoms with Gasteiger partial charge in [0.2, 0.25) is 0 Å². The zero-order valence-corrected chi connectivity index (χ0v) is 25.9. The molecule has 276 valence electrons. The van der Waals surface area contributed by atoms with Gasteiger partial charge in [-0.2, -0.15) is 0 Å². The normalized spacial score (nSPS) is 51.3. The van der Waals surface area contributed by atoms with E-state index in [0.29, 0.717) is 0 Å². The lowest BCUT2D eigenvalue weighted by atomic mass is 9.80. The van der Waals surface area contributed by atoms with Gasteiger partial charge in [0, 0.05) is 12.5 Å². The van der Waals surface area contributed by atoms with E-state index in [-0.39, 0.29) is 6.42 Å². The first kappa shape index (κ1) is 39.0. The number of hydrogen-bond donors (Lipinski definition) is 13. The Morgan fingerprint density at radius 2 is 1.06 bits per heavy atom. The quantitative estimate of drug-likeness (QED) is 0.0957. The van der Waals surface area contributed by atoms with Crippen LogP contribution in [0.5, 0.6) is 0 Å². The Kier molecular flexibility index (Phi) is 13.7. The molecule has 3 heterocycles. The minimum absolute atomic E-state index is 0.145. The summed E-state index contributed by atoms with van der Waals surface area (Å²) in [5.41, 5.74) is 0. The molecule has 0 amide bonds. The average molecular weight is 691 g/mol. The van der Waals surface area contributed by atoms with E-state index in [9.17, 15) is 66.4 Å². The van der Waals surface area contributed by atoms with Gasteiger partial charge in [0.25, 0.3) is 0 Å². The first-order valence-electron chi connectivity index (χ1n) is 15.7. The van der Waals surface area contributed by atoms with E-state index in [0.717, 1.165) is 0 Å². The van der Waals surface area contributed by atoms with Gasteiger partial charge in [-0.15, -0.1) is 0 Å². The maximum Gasteiger partial charge on any atom is 0.187 e. The summed E-state index contributed by atoms with van der Waals surface area (Å²) >= 11 is 0. The van der Waals surface area contributed by atoms with E-state index < -0.39 is 155 Å². The average Bonchev–Trinajstić information content (AvgIpc) is 3.05. The zero-order valence-electron chi connectivity index (χ0n) is 25.9. The van der Waals surface area contributed by atoms with Gasteiger partial charge in [-0.05, 0) is 12.3 Å². The molecule has 0 aromatic rings. The molecule has 13 N–H and O–H groups in total. The number of ether oxygens (including phenoxy) is 6. The van der Waals surface area contributed by atoms with E-state index in [1.165, 1.54) is 0 Å². The van der Waals surface area contributed by atoms with Crippen LogP contribution in [0.15, 0.2) is 0 Å². The standard InChI is InChI=1S/C28H50O19/c1-8(2)24-26(25(18(36)12(6-31)44-24)43-10-3-9(4-29)14(32)19(37)15(10)33)47-28-23(41)21(39)17(35)13(46-28)7-42-27-22(40)20(38)16(34)11(5-30)45-27/h8-41H,3-7H2,1-2H3/t9-,10-,11-,12-,13-,14-,15+,16-,17-,18-,19+,20+,21+,22-,23-,24+,25+,26+,27-,28+/m1/s1. The smallest absolute Gasteiger partial charge is 0.187 e. The fourth-order valence-electron chi connectivity index (χ4n) is 6.47. The van der Waals surface area contributed by atoms with Crippen LogP contribution in [0, 0.1) is 11.8 Å². The van der Waals surface area contributed by atoms with E-state index >= 15 is 0 Å². The molecule has 19 nitrogen and oxygen atoms in total. The number of aliphatic hydroxyl groups is 13. The molecule has 1 saturated carbocycles. The van der Waals surface area contributed by atoms with E-state index in [1.54, 1.807) is 13.8 Å². The molecule has 20 atom stereocenters. The minimum Gasteiger partial charge on any atom is -0.396 e. The summed E-state index contributed by atoms with van der Waals surface area (Å²) in [5.74, 6) is -1.29.